The average molecular weight is 1380 g/mol. The van der Waals surface area contributed by atoms with Crippen molar-refractivity contribution in [1.82, 2.24) is 0 Å². The molecule has 0 heterocycles. The van der Waals surface area contributed by atoms with Crippen LogP contribution < -0.4 is 21.5 Å². The summed E-state index contributed by atoms with van der Waals surface area (Å²) in [5, 5.41) is 27.8. The number of nitrogens with one attached hydrogen (secondary N) is 4. The van der Waals surface area contributed by atoms with Crippen molar-refractivity contribution in [3.05, 3.63) is 159 Å². The molecule has 0 saturated carbocycles. The summed E-state index contributed by atoms with van der Waals surface area (Å²) in [5.41, 5.74) is 0.163. The number of rotatable bonds is 16. The van der Waals surface area contributed by atoms with E-state index in [2.05, 4.69) is 52.1 Å². The van der Waals surface area contributed by atoms with Crippen LogP contribution in [0.3, 0.4) is 0 Å². The molecule has 0 fully saturated rings. The fourth-order valence-corrected chi connectivity index (χ4v) is 10.9. The molecule has 6 aromatic rings. The van der Waals surface area contributed by atoms with Gasteiger partial charge in [-0.15, -0.1) is 0 Å². The van der Waals surface area contributed by atoms with Crippen LogP contribution in [0.2, 0.25) is 0 Å². The van der Waals surface area contributed by atoms with Crippen LogP contribution >= 0.6 is 0 Å². The third-order valence-corrected chi connectivity index (χ3v) is 16.3. The number of fused-ring (bicyclic) bond motifs is 2. The first kappa shape index (κ1) is 81.1. The predicted molar refractivity (Wildman–Crippen MR) is 322 cm³/mol. The smallest absolute Gasteiger partial charge is 0.308 e. The number of ketones is 2. The van der Waals surface area contributed by atoms with Crippen LogP contribution in [-0.4, -0.2) is 284 Å². The number of allylic oxidation sites excluding steroid dienone is 3. The number of hydrazone groups is 2. The van der Waals surface area contributed by atoms with Crippen molar-refractivity contribution >= 4 is 319 Å². The maximum atomic E-state index is 13.7. The van der Waals surface area contributed by atoms with Crippen molar-refractivity contribution in [2.45, 2.75) is 19.6 Å². The van der Waals surface area contributed by atoms with E-state index in [4.69, 9.17) is 4.55 Å². The summed E-state index contributed by atoms with van der Waals surface area (Å²) in [6, 6.07) is 20.3. The maximum Gasteiger partial charge on any atom is 0.323 e. The summed E-state index contributed by atoms with van der Waals surface area (Å²) >= 11 is 0. The van der Waals surface area contributed by atoms with E-state index in [1.165, 1.54) is 6.07 Å². The van der Waals surface area contributed by atoms with Crippen molar-refractivity contribution in [1.29, 1.82) is 0 Å². The third-order valence-electron chi connectivity index (χ3n) is 11.0. The fourth-order valence-electron chi connectivity index (χ4n) is 7.34. The topological polar surface area (TPSA) is 500 Å². The van der Waals surface area contributed by atoms with Crippen LogP contribution in [0.25, 0.3) is 6.08 Å². The second kappa shape index (κ2) is 32.2. The number of urea groups is 1. The summed E-state index contributed by atoms with van der Waals surface area (Å²) < 4.78 is 204. The van der Waals surface area contributed by atoms with Gasteiger partial charge in [0.25, 0.3) is 60.7 Å². The Labute approximate surface area is 632 Å². The number of amides is 2. The molecule has 43 heteroatoms. The van der Waals surface area contributed by atoms with Gasteiger partial charge in [-0.2, -0.15) is 81.2 Å². The Morgan fingerprint density at radius 3 is 1.16 bits per heavy atom. The summed E-state index contributed by atoms with van der Waals surface area (Å²) in [6.45, 7) is 0. The van der Waals surface area contributed by atoms with Gasteiger partial charge in [-0.25, -0.2) is 4.79 Å². The Hall–Kier alpha value is -2.99. The van der Waals surface area contributed by atoms with E-state index >= 15 is 0 Å². The van der Waals surface area contributed by atoms with E-state index in [1.54, 1.807) is 0 Å². The Bertz CT molecular complexity index is 4700. The molecule has 0 aromatic heterocycles. The molecule has 2 amide bonds. The van der Waals surface area contributed by atoms with Gasteiger partial charge in [0.05, 0.1) is 43.9 Å². The molecule has 6 radical (unpaired) electrons. The molecule has 0 aliphatic heterocycles. The summed E-state index contributed by atoms with van der Waals surface area (Å²) in [5.74, 6) is -2.19. The number of carbonyl (C=O) groups is 3. The molecule has 88 heavy (non-hydrogen) atoms. The summed E-state index contributed by atoms with van der Waals surface area (Å²) in [4.78, 5) is 35.5. The van der Waals surface area contributed by atoms with E-state index < -0.39 is 130 Å². The van der Waals surface area contributed by atoms with Crippen LogP contribution in [0.4, 0.5) is 50.3 Å². The quantitative estimate of drug-likeness (QED) is 0.0275. The van der Waals surface area contributed by atoms with Crippen molar-refractivity contribution in [2.75, 3.05) is 21.5 Å². The number of carbonyl (C=O) groups excluding carboxylic acids is 3. The molecule has 2 aliphatic carbocycles. The molecule has 0 atom stereocenters. The zero-order chi connectivity index (χ0) is 59.9. The summed E-state index contributed by atoms with van der Waals surface area (Å²) in [7, 11) is -29.8. The van der Waals surface area contributed by atoms with Gasteiger partial charge in [0, 0.05) is 211 Å². The minimum atomic E-state index is -5.31. The zero-order valence-corrected chi connectivity index (χ0v) is 63.0. The maximum absolute atomic E-state index is 13.7. The molecule has 0 spiro atoms. The van der Waals surface area contributed by atoms with Crippen LogP contribution in [0.15, 0.2) is 187 Å². The second-order valence-corrected chi connectivity index (χ2v) is 25.0. The number of benzene rings is 6. The minimum Gasteiger partial charge on any atom is -0.308 e. The Morgan fingerprint density at radius 1 is 0.375 bits per heavy atom. The van der Waals surface area contributed by atoms with Gasteiger partial charge in [-0.3, -0.25) is 47.8 Å². The van der Waals surface area contributed by atoms with Crippen LogP contribution in [0.1, 0.15) is 31.8 Å². The normalized spacial score (nSPS) is 14.2. The largest absolute Gasteiger partial charge is 0.323 e. The zero-order valence-electron chi connectivity index (χ0n) is 46.1. The number of nitrogens with zero attached hydrogens (tertiary/aromatic N) is 6. The molecule has 0 unspecified atom stereocenters. The van der Waals surface area contributed by atoms with Gasteiger partial charge in [0.15, 0.2) is 11.5 Å². The second-order valence-electron chi connectivity index (χ2n) is 16.6. The van der Waals surface area contributed by atoms with Crippen LogP contribution in [0.5, 0.6) is 0 Å². The van der Waals surface area contributed by atoms with E-state index in [0.717, 1.165) is 121 Å². The average Bonchev–Trinajstić information content (AvgIpc) is 0.928. The predicted octanol–water partition coefficient (Wildman–Crippen LogP) is 4.54. The number of anilines is 4. The summed E-state index contributed by atoms with van der Waals surface area (Å²) in [6.07, 6.45) is 1.26. The molecular formula is C45H32N10Na6O21S6. The van der Waals surface area contributed by atoms with E-state index in [0.29, 0.717) is 6.08 Å². The monoisotopic (exact) mass is 1380 g/mol. The number of azo groups is 2. The van der Waals surface area contributed by atoms with E-state index in [9.17, 15) is 87.7 Å². The molecule has 2 aliphatic rings. The van der Waals surface area contributed by atoms with Crippen molar-refractivity contribution in [3.63, 3.8) is 0 Å². The number of Topliss-reactive ketones (excluding diaryl/α,β-unsaturated/α-hetero) is 1. The van der Waals surface area contributed by atoms with Crippen molar-refractivity contribution in [2.24, 2.45) is 30.7 Å². The first-order chi connectivity index (χ1) is 38.1. The fraction of sp³-hybridized carbons (Fsp3) is 0. The van der Waals surface area contributed by atoms with Gasteiger partial charge in [0.1, 0.15) is 25.3 Å². The molecule has 8 rings (SSSR count). The van der Waals surface area contributed by atoms with Gasteiger partial charge < -0.3 is 10.6 Å². The Balaban J connectivity index is 0.00000440. The van der Waals surface area contributed by atoms with Gasteiger partial charge >= 0.3 is 6.03 Å². The van der Waals surface area contributed by atoms with Crippen LogP contribution in [-0.2, 0) is 60.7 Å². The SMILES string of the molecule is O=C(Nc1ccc2c(c1)C=C(S(=O)(=O)O)/C(=N\Nc1ccc(N=Nc3ccc(S(=O)(=O)O)cc3)cc1S(=O)(=O)O)C2=O)Nc1ccc2c(c1)C(=O)C=C(S(=O)(=O)O)/C2=N\Nc1ccc(N=Nc2ccc(S(=O)(=O)O)cc2)cc1S(=O)(=O)O.[Na].[Na].[Na].[Na].[Na].[Na]. The van der Waals surface area contributed by atoms with Gasteiger partial charge in [0.2, 0.25) is 5.78 Å². The van der Waals surface area contributed by atoms with Crippen molar-refractivity contribution < 1.29 is 92.2 Å². The first-order valence-corrected chi connectivity index (χ1v) is 30.5. The van der Waals surface area contributed by atoms with Gasteiger partial charge in [-0.1, -0.05) is 0 Å². The first-order valence-electron chi connectivity index (χ1n) is 21.9. The number of hydrogen-bond donors (Lipinski definition) is 10. The van der Waals surface area contributed by atoms with Crippen molar-refractivity contribution in [3.8, 4) is 0 Å². The molecule has 430 valence electrons. The molecule has 31 nitrogen and oxygen atoms in total. The molecule has 0 bridgehead atoms. The Kier molecular flexibility index (Phi) is 29.7. The number of hydrogen-bond acceptors (Lipinski definition) is 23. The molecular weight excluding hydrogens is 1350 g/mol. The molecule has 10 N–H and O–H groups in total. The van der Waals surface area contributed by atoms with E-state index in [-0.39, 0.29) is 234 Å². The van der Waals surface area contributed by atoms with Crippen LogP contribution in [0, 0.1) is 0 Å². The van der Waals surface area contributed by atoms with Gasteiger partial charge in [-0.05, 0) is 133 Å². The molecule has 0 saturated heterocycles. The third kappa shape index (κ3) is 20.5. The molecule has 6 aromatic carbocycles. The standard InChI is InChI=1S/C45H32N10O21S6.6Na/c56-37-22-41(82(74,75)76)42(54-52-35-15-7-28(20-38(35)79(65,66)67)50-48-24-1-9-30(10-2-24)77(59,60)61)33-14-6-27(19-34(33)37)47-45(58)46-26-5-13-32-23(17-26)18-40(81(71,72)73)43(44(32)57)55-53-36-16-8-29(21-39(36)80(68,69)70)51-49-25-3-11-31(12-4-25)78(62,63)64;;;;;;/h1-22,52-53H,(H2,46,47,58)(H,59,60,61)(H,62,63,64)(H,65,66,67)(H,68,69,70)(H,71,72,73)(H,74,75,76);;;;;;/b50-48?,51-49?,54-42-,55-43+;;;;;;. The van der Waals surface area contributed by atoms with E-state index in [1.807, 2.05) is 0 Å². The Morgan fingerprint density at radius 2 is 0.750 bits per heavy atom. The minimum absolute atomic E-state index is 0.